The zero-order valence-electron chi connectivity index (χ0n) is 10.1. The SMILES string of the molecule is FC(F)(F)c1cccc(CN2CCC[N]CC2)c1. The lowest BCUT2D eigenvalue weighted by Gasteiger charge is -2.19. The summed E-state index contributed by atoms with van der Waals surface area (Å²) in [6.07, 6.45) is -3.27. The Hall–Kier alpha value is -1.07. The van der Waals surface area contributed by atoms with Crippen LogP contribution in [0.25, 0.3) is 0 Å². The monoisotopic (exact) mass is 257 g/mol. The van der Waals surface area contributed by atoms with Gasteiger partial charge in [-0.3, -0.25) is 4.90 Å². The normalized spacial score (nSPS) is 18.6. The fourth-order valence-electron chi connectivity index (χ4n) is 2.10. The van der Waals surface area contributed by atoms with Gasteiger partial charge in [-0.25, -0.2) is 5.32 Å². The Morgan fingerprint density at radius 1 is 1.17 bits per heavy atom. The van der Waals surface area contributed by atoms with Crippen molar-refractivity contribution in [2.75, 3.05) is 26.2 Å². The maximum atomic E-state index is 12.6. The summed E-state index contributed by atoms with van der Waals surface area (Å²) in [7, 11) is 0. The molecule has 0 bridgehead atoms. The minimum Gasteiger partial charge on any atom is -0.298 e. The Balaban J connectivity index is 2.04. The van der Waals surface area contributed by atoms with Gasteiger partial charge in [-0.2, -0.15) is 13.2 Å². The van der Waals surface area contributed by atoms with Crippen molar-refractivity contribution in [2.45, 2.75) is 19.1 Å². The van der Waals surface area contributed by atoms with Crippen molar-refractivity contribution in [1.29, 1.82) is 0 Å². The first-order valence-electron chi connectivity index (χ1n) is 6.07. The van der Waals surface area contributed by atoms with Crippen molar-refractivity contribution in [2.24, 2.45) is 0 Å². The van der Waals surface area contributed by atoms with Crippen LogP contribution in [-0.2, 0) is 12.7 Å². The van der Waals surface area contributed by atoms with Crippen molar-refractivity contribution in [3.63, 3.8) is 0 Å². The highest BCUT2D eigenvalue weighted by Gasteiger charge is 2.30. The molecule has 1 aliphatic rings. The predicted octanol–water partition coefficient (Wildman–Crippen LogP) is 2.52. The van der Waals surface area contributed by atoms with Gasteiger partial charge in [-0.1, -0.05) is 18.2 Å². The van der Waals surface area contributed by atoms with Crippen LogP contribution in [-0.4, -0.2) is 31.1 Å². The summed E-state index contributed by atoms with van der Waals surface area (Å²) >= 11 is 0. The molecular formula is C13H16F3N2. The number of nitrogens with zero attached hydrogens (tertiary/aromatic N) is 2. The maximum absolute atomic E-state index is 12.6. The zero-order valence-corrected chi connectivity index (χ0v) is 10.1. The number of halogens is 3. The third-order valence-corrected chi connectivity index (χ3v) is 3.03. The second-order valence-corrected chi connectivity index (χ2v) is 4.50. The standard InChI is InChI=1S/C13H16F3N2/c14-13(15,16)12-4-1-3-11(9-12)10-18-7-2-5-17-6-8-18/h1,3-4,9H,2,5-8,10H2. The van der Waals surface area contributed by atoms with E-state index in [0.717, 1.165) is 38.7 Å². The van der Waals surface area contributed by atoms with Gasteiger partial charge < -0.3 is 0 Å². The van der Waals surface area contributed by atoms with E-state index in [1.807, 2.05) is 0 Å². The minimum atomic E-state index is -4.26. The second kappa shape index (κ2) is 5.71. The van der Waals surface area contributed by atoms with E-state index in [9.17, 15) is 13.2 Å². The molecule has 0 N–H and O–H groups in total. The summed E-state index contributed by atoms with van der Waals surface area (Å²) in [4.78, 5) is 2.16. The number of rotatable bonds is 2. The molecule has 2 rings (SSSR count). The lowest BCUT2D eigenvalue weighted by atomic mass is 10.1. The van der Waals surface area contributed by atoms with Crippen molar-refractivity contribution >= 4 is 0 Å². The van der Waals surface area contributed by atoms with Gasteiger partial charge >= 0.3 is 6.18 Å². The number of hydrogen-bond donors (Lipinski definition) is 0. The van der Waals surface area contributed by atoms with Gasteiger partial charge in [0.05, 0.1) is 5.56 Å². The van der Waals surface area contributed by atoms with E-state index >= 15 is 0 Å². The Labute approximate surface area is 105 Å². The predicted molar refractivity (Wildman–Crippen MR) is 63.2 cm³/mol. The van der Waals surface area contributed by atoms with Crippen LogP contribution in [0.4, 0.5) is 13.2 Å². The Morgan fingerprint density at radius 2 is 2.00 bits per heavy atom. The highest BCUT2D eigenvalue weighted by Crippen LogP contribution is 2.29. The molecule has 18 heavy (non-hydrogen) atoms. The molecule has 0 aliphatic carbocycles. The van der Waals surface area contributed by atoms with E-state index in [2.05, 4.69) is 10.2 Å². The first-order chi connectivity index (χ1) is 8.55. The molecule has 0 saturated carbocycles. The van der Waals surface area contributed by atoms with Gasteiger partial charge in [0.15, 0.2) is 0 Å². The number of alkyl halides is 3. The van der Waals surface area contributed by atoms with Crippen LogP contribution >= 0.6 is 0 Å². The molecule has 1 aromatic carbocycles. The number of hydrogen-bond acceptors (Lipinski definition) is 1. The van der Waals surface area contributed by atoms with Crippen molar-refractivity contribution in [1.82, 2.24) is 10.2 Å². The van der Waals surface area contributed by atoms with Crippen molar-refractivity contribution in [3.8, 4) is 0 Å². The molecular weight excluding hydrogens is 241 g/mol. The van der Waals surface area contributed by atoms with E-state index in [1.165, 1.54) is 12.1 Å². The smallest absolute Gasteiger partial charge is 0.298 e. The van der Waals surface area contributed by atoms with E-state index in [0.29, 0.717) is 12.1 Å². The molecule has 2 nitrogen and oxygen atoms in total. The van der Waals surface area contributed by atoms with E-state index in [4.69, 9.17) is 0 Å². The highest BCUT2D eigenvalue weighted by atomic mass is 19.4. The van der Waals surface area contributed by atoms with Crippen LogP contribution < -0.4 is 5.32 Å². The molecule has 1 radical (unpaired) electrons. The first kappa shape index (κ1) is 13.4. The van der Waals surface area contributed by atoms with Crippen LogP contribution in [0.1, 0.15) is 17.5 Å². The zero-order chi connectivity index (χ0) is 13.0. The van der Waals surface area contributed by atoms with Crippen LogP contribution in [0, 0.1) is 0 Å². The molecule has 1 aromatic rings. The third-order valence-electron chi connectivity index (χ3n) is 3.03. The molecule has 1 heterocycles. The lowest BCUT2D eigenvalue weighted by Crippen LogP contribution is -2.26. The summed E-state index contributed by atoms with van der Waals surface area (Å²) in [6.45, 7) is 3.94. The van der Waals surface area contributed by atoms with E-state index < -0.39 is 11.7 Å². The quantitative estimate of drug-likeness (QED) is 0.795. The second-order valence-electron chi connectivity index (χ2n) is 4.50. The summed E-state index contributed by atoms with van der Waals surface area (Å²) in [5.74, 6) is 0. The van der Waals surface area contributed by atoms with Gasteiger partial charge in [0.25, 0.3) is 0 Å². The van der Waals surface area contributed by atoms with E-state index in [1.54, 1.807) is 6.07 Å². The van der Waals surface area contributed by atoms with Crippen molar-refractivity contribution in [3.05, 3.63) is 35.4 Å². The van der Waals surface area contributed by atoms with Crippen LogP contribution in [0.15, 0.2) is 24.3 Å². The fourth-order valence-corrected chi connectivity index (χ4v) is 2.10. The van der Waals surface area contributed by atoms with Gasteiger partial charge in [-0.05, 0) is 24.6 Å². The van der Waals surface area contributed by atoms with Crippen LogP contribution in [0.5, 0.6) is 0 Å². The van der Waals surface area contributed by atoms with Gasteiger partial charge in [0.1, 0.15) is 0 Å². The Bertz CT molecular complexity index is 382. The summed E-state index contributed by atoms with van der Waals surface area (Å²) < 4.78 is 37.7. The molecule has 0 aromatic heterocycles. The fraction of sp³-hybridized carbons (Fsp3) is 0.538. The molecule has 1 saturated heterocycles. The topological polar surface area (TPSA) is 17.3 Å². The Morgan fingerprint density at radius 3 is 2.78 bits per heavy atom. The largest absolute Gasteiger partial charge is 0.416 e. The van der Waals surface area contributed by atoms with Gasteiger partial charge in [-0.15, -0.1) is 0 Å². The lowest BCUT2D eigenvalue weighted by molar-refractivity contribution is -0.137. The molecule has 0 atom stereocenters. The Kier molecular flexibility index (Phi) is 4.24. The molecule has 1 aliphatic heterocycles. The van der Waals surface area contributed by atoms with Gasteiger partial charge in [0, 0.05) is 26.2 Å². The van der Waals surface area contributed by atoms with Crippen LogP contribution in [0.3, 0.4) is 0 Å². The molecule has 5 heteroatoms. The molecule has 0 unspecified atom stereocenters. The average molecular weight is 257 g/mol. The molecule has 1 fully saturated rings. The minimum absolute atomic E-state index is 0.569. The molecule has 0 amide bonds. The van der Waals surface area contributed by atoms with Crippen LogP contribution in [0.2, 0.25) is 0 Å². The van der Waals surface area contributed by atoms with E-state index in [-0.39, 0.29) is 0 Å². The van der Waals surface area contributed by atoms with Crippen molar-refractivity contribution < 1.29 is 13.2 Å². The average Bonchev–Trinajstić information content (AvgIpc) is 2.57. The van der Waals surface area contributed by atoms with Gasteiger partial charge in [0.2, 0.25) is 0 Å². The summed E-state index contributed by atoms with van der Waals surface area (Å²) in [6, 6.07) is 5.57. The maximum Gasteiger partial charge on any atom is 0.416 e. The first-order valence-corrected chi connectivity index (χ1v) is 6.07. The molecule has 0 spiro atoms. The summed E-state index contributed by atoms with van der Waals surface area (Å²) in [5, 5.41) is 4.30. The molecule has 99 valence electrons. The summed E-state index contributed by atoms with van der Waals surface area (Å²) in [5.41, 5.74) is 0.145. The highest BCUT2D eigenvalue weighted by molar-refractivity contribution is 5.25. The number of benzene rings is 1. The third kappa shape index (κ3) is 3.71.